The molecule has 1 rings (SSSR count). The molecule has 0 amide bonds. The van der Waals surface area contributed by atoms with Gasteiger partial charge in [-0.15, -0.1) is 0 Å². The molecule has 0 saturated heterocycles. The van der Waals surface area contributed by atoms with Gasteiger partial charge in [-0.05, 0) is 6.07 Å². The molecule has 46 valence electrons. The monoisotopic (exact) mass is 122 g/mol. The average Bonchev–Trinajstić information content (AvgIpc) is 1.88. The number of aromatic nitrogens is 1. The zero-order chi connectivity index (χ0) is 6.69. The van der Waals surface area contributed by atoms with E-state index in [-0.39, 0.29) is 5.56 Å². The lowest BCUT2D eigenvalue weighted by Crippen LogP contribution is -2.04. The third-order valence-corrected chi connectivity index (χ3v) is 0.946. The van der Waals surface area contributed by atoms with Crippen molar-refractivity contribution in [1.29, 1.82) is 5.41 Å². The van der Waals surface area contributed by atoms with Gasteiger partial charge < -0.3 is 10.4 Å². The first-order chi connectivity index (χ1) is 4.33. The number of hydrogen-bond donors (Lipinski definition) is 2. The molecule has 0 aromatic carbocycles. The molecular weight excluding hydrogens is 116 g/mol. The van der Waals surface area contributed by atoms with Crippen LogP contribution in [0.25, 0.3) is 0 Å². The Morgan fingerprint density at radius 2 is 2.33 bits per heavy atom. The number of pyridine rings is 1. The summed E-state index contributed by atoms with van der Waals surface area (Å²) >= 11 is 0. The van der Waals surface area contributed by atoms with Crippen LogP contribution in [0.3, 0.4) is 0 Å². The molecule has 0 saturated carbocycles. The van der Waals surface area contributed by atoms with Crippen LogP contribution in [0.4, 0.5) is 0 Å². The Labute approximate surface area is 51.9 Å². The maximum Gasteiger partial charge on any atom is 0.248 e. The first kappa shape index (κ1) is 5.75. The van der Waals surface area contributed by atoms with Crippen LogP contribution in [-0.4, -0.2) is 11.2 Å². The molecular formula is C6H6N2O. The third-order valence-electron chi connectivity index (χ3n) is 0.946. The number of rotatable bonds is 1. The molecule has 0 bridgehead atoms. The summed E-state index contributed by atoms with van der Waals surface area (Å²) in [5, 5.41) is 6.75. The van der Waals surface area contributed by atoms with Crippen LogP contribution in [0.15, 0.2) is 23.0 Å². The van der Waals surface area contributed by atoms with E-state index in [4.69, 9.17) is 5.41 Å². The van der Waals surface area contributed by atoms with Crippen molar-refractivity contribution in [2.24, 2.45) is 0 Å². The molecule has 3 heteroatoms. The Morgan fingerprint density at radius 3 is 2.78 bits per heavy atom. The fraction of sp³-hybridized carbons (Fsp3) is 0. The van der Waals surface area contributed by atoms with Crippen LogP contribution >= 0.6 is 0 Å². The second kappa shape index (κ2) is 2.26. The topological polar surface area (TPSA) is 56.7 Å². The van der Waals surface area contributed by atoms with Crippen LogP contribution in [-0.2, 0) is 0 Å². The highest BCUT2D eigenvalue weighted by Crippen LogP contribution is 1.81. The lowest BCUT2D eigenvalue weighted by Gasteiger charge is -1.85. The summed E-state index contributed by atoms with van der Waals surface area (Å²) in [6, 6.07) is 4.68. The minimum atomic E-state index is -0.170. The summed E-state index contributed by atoms with van der Waals surface area (Å²) in [5.74, 6) is 0. The molecule has 0 aliphatic rings. The molecule has 9 heavy (non-hydrogen) atoms. The van der Waals surface area contributed by atoms with Gasteiger partial charge in [0.05, 0.1) is 5.69 Å². The van der Waals surface area contributed by atoms with Crippen molar-refractivity contribution in [2.75, 3.05) is 0 Å². The zero-order valence-electron chi connectivity index (χ0n) is 4.72. The van der Waals surface area contributed by atoms with Gasteiger partial charge in [0.25, 0.3) is 0 Å². The zero-order valence-corrected chi connectivity index (χ0v) is 4.72. The molecule has 2 N–H and O–H groups in total. The normalized spacial score (nSPS) is 8.89. The summed E-state index contributed by atoms with van der Waals surface area (Å²) < 4.78 is 0. The van der Waals surface area contributed by atoms with Gasteiger partial charge in [-0.2, -0.15) is 0 Å². The van der Waals surface area contributed by atoms with E-state index < -0.39 is 0 Å². The third kappa shape index (κ3) is 1.25. The lowest BCUT2D eigenvalue weighted by atomic mass is 10.4. The van der Waals surface area contributed by atoms with E-state index in [0.29, 0.717) is 5.69 Å². The summed E-state index contributed by atoms with van der Waals surface area (Å²) in [6.45, 7) is 0. The molecule has 0 atom stereocenters. The Morgan fingerprint density at radius 1 is 1.56 bits per heavy atom. The van der Waals surface area contributed by atoms with E-state index in [2.05, 4.69) is 4.98 Å². The molecule has 0 aliphatic heterocycles. The van der Waals surface area contributed by atoms with Gasteiger partial charge in [0.15, 0.2) is 0 Å². The molecule has 3 nitrogen and oxygen atoms in total. The SMILES string of the molecule is N=Cc1cccc(=O)[nH]1. The lowest BCUT2D eigenvalue weighted by molar-refractivity contribution is 1.21. The number of nitrogens with one attached hydrogen (secondary N) is 2. The summed E-state index contributed by atoms with van der Waals surface area (Å²) in [5.41, 5.74) is 0.360. The second-order valence-corrected chi connectivity index (χ2v) is 1.61. The van der Waals surface area contributed by atoms with Gasteiger partial charge in [-0.1, -0.05) is 6.07 Å². The number of aromatic amines is 1. The average molecular weight is 122 g/mol. The molecule has 0 unspecified atom stereocenters. The highest BCUT2D eigenvalue weighted by atomic mass is 16.1. The van der Waals surface area contributed by atoms with Crippen molar-refractivity contribution < 1.29 is 0 Å². The van der Waals surface area contributed by atoms with E-state index in [1.165, 1.54) is 6.07 Å². The molecule has 1 aromatic heterocycles. The quantitative estimate of drug-likeness (QED) is 0.519. The first-order valence-electron chi connectivity index (χ1n) is 2.53. The second-order valence-electron chi connectivity index (χ2n) is 1.61. The standard InChI is InChI=1S/C6H6N2O/c7-4-5-2-1-3-6(9)8-5/h1-4,7H,(H,8,9). The molecule has 0 radical (unpaired) electrons. The Balaban J connectivity index is 3.23. The van der Waals surface area contributed by atoms with Gasteiger partial charge in [-0.3, -0.25) is 4.79 Å². The van der Waals surface area contributed by atoms with E-state index >= 15 is 0 Å². The van der Waals surface area contributed by atoms with Gasteiger partial charge in [-0.25, -0.2) is 0 Å². The minimum Gasteiger partial charge on any atom is -0.321 e. The first-order valence-corrected chi connectivity index (χ1v) is 2.53. The van der Waals surface area contributed by atoms with Crippen LogP contribution in [0.1, 0.15) is 5.69 Å². The van der Waals surface area contributed by atoms with Crippen LogP contribution in [0.2, 0.25) is 0 Å². The van der Waals surface area contributed by atoms with Crippen LogP contribution in [0, 0.1) is 5.41 Å². The molecule has 0 aliphatic carbocycles. The predicted octanol–water partition coefficient (Wildman–Crippen LogP) is 0.373. The maximum atomic E-state index is 10.5. The maximum absolute atomic E-state index is 10.5. The molecule has 0 spiro atoms. The van der Waals surface area contributed by atoms with Crippen molar-refractivity contribution in [3.63, 3.8) is 0 Å². The van der Waals surface area contributed by atoms with Gasteiger partial charge in [0, 0.05) is 12.3 Å². The van der Waals surface area contributed by atoms with Crippen molar-refractivity contribution in [1.82, 2.24) is 4.98 Å². The van der Waals surface area contributed by atoms with Gasteiger partial charge in [0.2, 0.25) is 5.56 Å². The number of H-pyrrole nitrogens is 1. The highest BCUT2D eigenvalue weighted by Gasteiger charge is 1.83. The molecule has 1 heterocycles. The van der Waals surface area contributed by atoms with Crippen molar-refractivity contribution >= 4 is 6.21 Å². The number of hydrogen-bond acceptors (Lipinski definition) is 2. The van der Waals surface area contributed by atoms with E-state index in [9.17, 15) is 4.79 Å². The predicted molar refractivity (Wildman–Crippen MR) is 34.9 cm³/mol. The molecule has 0 fully saturated rings. The fourth-order valence-corrected chi connectivity index (χ4v) is 0.549. The van der Waals surface area contributed by atoms with Crippen molar-refractivity contribution in [3.05, 3.63) is 34.2 Å². The minimum absolute atomic E-state index is 0.170. The Hall–Kier alpha value is -1.38. The largest absolute Gasteiger partial charge is 0.321 e. The molecule has 1 aromatic rings. The van der Waals surface area contributed by atoms with Crippen molar-refractivity contribution in [2.45, 2.75) is 0 Å². The summed E-state index contributed by atoms with van der Waals surface area (Å²) in [6.07, 6.45) is 1.10. The van der Waals surface area contributed by atoms with Gasteiger partial charge >= 0.3 is 0 Å². The van der Waals surface area contributed by atoms with Crippen molar-refractivity contribution in [3.8, 4) is 0 Å². The fourth-order valence-electron chi connectivity index (χ4n) is 0.549. The van der Waals surface area contributed by atoms with Gasteiger partial charge in [0.1, 0.15) is 0 Å². The summed E-state index contributed by atoms with van der Waals surface area (Å²) in [7, 11) is 0. The van der Waals surface area contributed by atoms with E-state index in [1.54, 1.807) is 12.1 Å². The Kier molecular flexibility index (Phi) is 1.44. The smallest absolute Gasteiger partial charge is 0.248 e. The highest BCUT2D eigenvalue weighted by molar-refractivity contribution is 5.73. The Bertz CT molecular complexity index is 264. The summed E-state index contributed by atoms with van der Waals surface area (Å²) in [4.78, 5) is 12.9. The van der Waals surface area contributed by atoms with Crippen LogP contribution < -0.4 is 5.56 Å². The van der Waals surface area contributed by atoms with E-state index in [1.807, 2.05) is 0 Å². The van der Waals surface area contributed by atoms with E-state index in [0.717, 1.165) is 6.21 Å². The van der Waals surface area contributed by atoms with Crippen LogP contribution in [0.5, 0.6) is 0 Å².